The van der Waals surface area contributed by atoms with Crippen molar-refractivity contribution in [1.82, 2.24) is 9.97 Å². The first kappa shape index (κ1) is 13.7. The molecule has 0 aliphatic heterocycles. The number of aromatic amines is 1. The van der Waals surface area contributed by atoms with Crippen molar-refractivity contribution in [2.75, 3.05) is 14.2 Å². The van der Waals surface area contributed by atoms with Gasteiger partial charge in [0.05, 0.1) is 27.1 Å². The van der Waals surface area contributed by atoms with E-state index in [2.05, 4.69) is 15.0 Å². The van der Waals surface area contributed by atoms with Gasteiger partial charge in [-0.25, -0.2) is 4.98 Å². The molecule has 1 fully saturated rings. The molecule has 5 nitrogen and oxygen atoms in total. The van der Waals surface area contributed by atoms with Crippen molar-refractivity contribution in [3.05, 3.63) is 41.5 Å². The van der Waals surface area contributed by atoms with Crippen LogP contribution in [0.1, 0.15) is 35.7 Å². The van der Waals surface area contributed by atoms with Gasteiger partial charge in [0.1, 0.15) is 17.2 Å². The minimum Gasteiger partial charge on any atom is -0.497 e. The zero-order valence-corrected chi connectivity index (χ0v) is 12.3. The fraction of sp³-hybridized carbons (Fsp3) is 0.375. The average Bonchev–Trinajstić information content (AvgIpc) is 3.26. The monoisotopic (exact) mass is 285 g/mol. The number of benzene rings is 1. The van der Waals surface area contributed by atoms with E-state index in [1.807, 2.05) is 24.4 Å². The number of hydrogen-bond acceptors (Lipinski definition) is 4. The molecular formula is C16H19N3O2. The SMILES string of the molecule is COc1ccc(CN=Cc2nc[nH]c2C2CC2)c(OC)c1. The Bertz CT molecular complexity index is 645. The summed E-state index contributed by atoms with van der Waals surface area (Å²) in [6.45, 7) is 0.560. The second kappa shape index (κ2) is 5.99. The summed E-state index contributed by atoms with van der Waals surface area (Å²) in [5.74, 6) is 2.21. The summed E-state index contributed by atoms with van der Waals surface area (Å²) in [5.41, 5.74) is 3.18. The molecule has 5 heteroatoms. The lowest BCUT2D eigenvalue weighted by Crippen LogP contribution is -1.94. The Morgan fingerprint density at radius 3 is 2.90 bits per heavy atom. The second-order valence-corrected chi connectivity index (χ2v) is 5.12. The van der Waals surface area contributed by atoms with Gasteiger partial charge >= 0.3 is 0 Å². The van der Waals surface area contributed by atoms with E-state index in [-0.39, 0.29) is 0 Å². The number of ether oxygens (including phenoxy) is 2. The van der Waals surface area contributed by atoms with Crippen LogP contribution >= 0.6 is 0 Å². The van der Waals surface area contributed by atoms with Crippen LogP contribution in [0, 0.1) is 0 Å². The van der Waals surface area contributed by atoms with Crippen LogP contribution in [-0.4, -0.2) is 30.4 Å². The summed E-state index contributed by atoms with van der Waals surface area (Å²) in [7, 11) is 3.30. The van der Waals surface area contributed by atoms with Crippen LogP contribution in [0.15, 0.2) is 29.5 Å². The quantitative estimate of drug-likeness (QED) is 0.830. The Hall–Kier alpha value is -2.30. The molecule has 1 aliphatic carbocycles. The highest BCUT2D eigenvalue weighted by atomic mass is 16.5. The summed E-state index contributed by atoms with van der Waals surface area (Å²) >= 11 is 0. The molecule has 2 aromatic rings. The van der Waals surface area contributed by atoms with Gasteiger partial charge in [-0.2, -0.15) is 0 Å². The highest BCUT2D eigenvalue weighted by Gasteiger charge is 2.27. The molecule has 0 unspecified atom stereocenters. The lowest BCUT2D eigenvalue weighted by Gasteiger charge is -2.08. The molecular weight excluding hydrogens is 266 g/mol. The Kier molecular flexibility index (Phi) is 3.90. The number of hydrogen-bond donors (Lipinski definition) is 1. The van der Waals surface area contributed by atoms with Crippen molar-refractivity contribution in [2.24, 2.45) is 4.99 Å². The van der Waals surface area contributed by atoms with Crippen LogP contribution in [0.4, 0.5) is 0 Å². The molecule has 0 radical (unpaired) electrons. The predicted octanol–water partition coefficient (Wildman–Crippen LogP) is 2.92. The van der Waals surface area contributed by atoms with Crippen LogP contribution in [0.2, 0.25) is 0 Å². The summed E-state index contributed by atoms with van der Waals surface area (Å²) in [5, 5.41) is 0. The van der Waals surface area contributed by atoms with E-state index >= 15 is 0 Å². The Labute approximate surface area is 124 Å². The summed E-state index contributed by atoms with van der Waals surface area (Å²) in [6.07, 6.45) is 6.07. The fourth-order valence-electron chi connectivity index (χ4n) is 2.33. The summed E-state index contributed by atoms with van der Waals surface area (Å²) in [6, 6.07) is 5.76. The second-order valence-electron chi connectivity index (χ2n) is 5.12. The number of H-pyrrole nitrogens is 1. The third-order valence-electron chi connectivity index (χ3n) is 3.65. The first-order chi connectivity index (χ1) is 10.3. The number of aromatic nitrogens is 2. The largest absolute Gasteiger partial charge is 0.497 e. The number of methoxy groups -OCH3 is 2. The zero-order valence-electron chi connectivity index (χ0n) is 12.3. The number of imidazole rings is 1. The predicted molar refractivity (Wildman–Crippen MR) is 81.4 cm³/mol. The Morgan fingerprint density at radius 1 is 1.33 bits per heavy atom. The van der Waals surface area contributed by atoms with Gasteiger partial charge in [-0.3, -0.25) is 4.99 Å². The molecule has 0 bridgehead atoms. The van der Waals surface area contributed by atoms with Crippen molar-refractivity contribution in [3.8, 4) is 11.5 Å². The molecule has 21 heavy (non-hydrogen) atoms. The lowest BCUT2D eigenvalue weighted by molar-refractivity contribution is 0.391. The maximum absolute atomic E-state index is 5.37. The minimum atomic E-state index is 0.560. The van der Waals surface area contributed by atoms with E-state index in [1.165, 1.54) is 18.5 Å². The molecule has 110 valence electrons. The normalized spacial score (nSPS) is 14.6. The van der Waals surface area contributed by atoms with Crippen LogP contribution in [-0.2, 0) is 6.54 Å². The molecule has 1 aromatic carbocycles. The van der Waals surface area contributed by atoms with E-state index in [1.54, 1.807) is 20.5 Å². The smallest absolute Gasteiger partial charge is 0.127 e. The standard InChI is InChI=1S/C16H19N3O2/c1-20-13-6-5-12(15(7-13)21-2)8-17-9-14-16(11-3-4-11)19-10-18-14/h5-7,9-11H,3-4,8H2,1-2H3,(H,18,19). The third-order valence-corrected chi connectivity index (χ3v) is 3.65. The third kappa shape index (κ3) is 3.07. The van der Waals surface area contributed by atoms with Crippen molar-refractivity contribution in [2.45, 2.75) is 25.3 Å². The lowest BCUT2D eigenvalue weighted by atomic mass is 10.2. The Morgan fingerprint density at radius 2 is 2.19 bits per heavy atom. The van der Waals surface area contributed by atoms with Gasteiger partial charge in [-0.05, 0) is 25.0 Å². The molecule has 0 saturated heterocycles. The number of nitrogens with zero attached hydrogens (tertiary/aromatic N) is 2. The molecule has 1 N–H and O–H groups in total. The van der Waals surface area contributed by atoms with Crippen LogP contribution < -0.4 is 9.47 Å². The fourth-order valence-corrected chi connectivity index (χ4v) is 2.33. The van der Waals surface area contributed by atoms with Gasteiger partial charge < -0.3 is 14.5 Å². The van der Waals surface area contributed by atoms with Crippen molar-refractivity contribution < 1.29 is 9.47 Å². The number of nitrogens with one attached hydrogen (secondary N) is 1. The van der Waals surface area contributed by atoms with Gasteiger partial charge in [0.2, 0.25) is 0 Å². The highest BCUT2D eigenvalue weighted by Crippen LogP contribution is 2.39. The van der Waals surface area contributed by atoms with E-state index in [9.17, 15) is 0 Å². The first-order valence-corrected chi connectivity index (χ1v) is 7.06. The van der Waals surface area contributed by atoms with Gasteiger partial charge in [-0.15, -0.1) is 0 Å². The zero-order chi connectivity index (χ0) is 14.7. The van der Waals surface area contributed by atoms with Crippen molar-refractivity contribution >= 4 is 6.21 Å². The van der Waals surface area contributed by atoms with Gasteiger partial charge in [-0.1, -0.05) is 0 Å². The molecule has 1 heterocycles. The van der Waals surface area contributed by atoms with E-state index in [0.29, 0.717) is 12.5 Å². The topological polar surface area (TPSA) is 59.5 Å². The van der Waals surface area contributed by atoms with Gasteiger partial charge in [0.25, 0.3) is 0 Å². The van der Waals surface area contributed by atoms with Gasteiger partial charge in [0.15, 0.2) is 0 Å². The molecule has 1 aliphatic rings. The summed E-state index contributed by atoms with van der Waals surface area (Å²) in [4.78, 5) is 12.0. The van der Waals surface area contributed by atoms with Crippen molar-refractivity contribution in [1.29, 1.82) is 0 Å². The molecule has 0 spiro atoms. The first-order valence-electron chi connectivity index (χ1n) is 7.06. The van der Waals surface area contributed by atoms with E-state index < -0.39 is 0 Å². The van der Waals surface area contributed by atoms with Gasteiger partial charge in [0, 0.05) is 29.5 Å². The molecule has 0 atom stereocenters. The number of rotatable bonds is 6. The van der Waals surface area contributed by atoms with Crippen LogP contribution in [0.5, 0.6) is 11.5 Å². The maximum atomic E-state index is 5.37. The molecule has 0 amide bonds. The van der Waals surface area contributed by atoms with Crippen LogP contribution in [0.3, 0.4) is 0 Å². The maximum Gasteiger partial charge on any atom is 0.127 e. The highest BCUT2D eigenvalue weighted by molar-refractivity contribution is 5.79. The van der Waals surface area contributed by atoms with Crippen molar-refractivity contribution in [3.63, 3.8) is 0 Å². The molecule has 3 rings (SSSR count). The Balaban J connectivity index is 1.72. The average molecular weight is 285 g/mol. The molecule has 1 saturated carbocycles. The molecule has 1 aromatic heterocycles. The van der Waals surface area contributed by atoms with E-state index in [4.69, 9.17) is 9.47 Å². The number of aliphatic imine (C=N–C) groups is 1. The minimum absolute atomic E-state index is 0.560. The van der Waals surface area contributed by atoms with Crippen LogP contribution in [0.25, 0.3) is 0 Å². The summed E-state index contributed by atoms with van der Waals surface area (Å²) < 4.78 is 10.6. The van der Waals surface area contributed by atoms with E-state index in [0.717, 1.165) is 22.8 Å².